The van der Waals surface area contributed by atoms with Gasteiger partial charge in [0.2, 0.25) is 0 Å². The summed E-state index contributed by atoms with van der Waals surface area (Å²) >= 11 is 0. The Labute approximate surface area is 151 Å². The molecule has 0 atom stereocenters. The molecule has 0 bridgehead atoms. The van der Waals surface area contributed by atoms with E-state index in [0.29, 0.717) is 0 Å². The van der Waals surface area contributed by atoms with E-state index in [-0.39, 0.29) is 11.9 Å². The summed E-state index contributed by atoms with van der Waals surface area (Å²) in [6.45, 7) is 3.44. The van der Waals surface area contributed by atoms with Crippen molar-refractivity contribution in [2.75, 3.05) is 31.1 Å². The van der Waals surface area contributed by atoms with Crippen LogP contribution in [0.15, 0.2) is 24.4 Å². The van der Waals surface area contributed by atoms with Crippen molar-refractivity contribution in [3.8, 4) is 5.75 Å². The standard InChI is InChI=1S/C19H22F2N4O/c20-13-1-2-18(15(21)11-13)26-14-5-9-25(10-6-14)19-12-23-16-3-7-22-8-4-17(16)24-19/h1-2,11-12,14,22H,3-10H2. The van der Waals surface area contributed by atoms with Crippen LogP contribution in [0, 0.1) is 11.6 Å². The smallest absolute Gasteiger partial charge is 0.167 e. The number of benzene rings is 1. The van der Waals surface area contributed by atoms with Crippen LogP contribution < -0.4 is 15.0 Å². The van der Waals surface area contributed by atoms with Crippen LogP contribution in [0.4, 0.5) is 14.6 Å². The molecule has 0 unspecified atom stereocenters. The predicted molar refractivity (Wildman–Crippen MR) is 94.5 cm³/mol. The normalized spacial score (nSPS) is 18.3. The lowest BCUT2D eigenvalue weighted by molar-refractivity contribution is 0.163. The first-order valence-electron chi connectivity index (χ1n) is 9.11. The van der Waals surface area contributed by atoms with Gasteiger partial charge in [0.05, 0.1) is 17.6 Å². The Morgan fingerprint density at radius 2 is 1.85 bits per heavy atom. The fourth-order valence-electron chi connectivity index (χ4n) is 3.49. The molecule has 3 heterocycles. The molecule has 0 aliphatic carbocycles. The number of halogens is 2. The SMILES string of the molecule is Fc1ccc(OC2CCN(c3cnc4c(n3)CCNCC4)CC2)c(F)c1. The van der Waals surface area contributed by atoms with Crippen LogP contribution >= 0.6 is 0 Å². The van der Waals surface area contributed by atoms with E-state index >= 15 is 0 Å². The third-order valence-electron chi connectivity index (χ3n) is 4.95. The molecule has 1 aromatic carbocycles. The van der Waals surface area contributed by atoms with Gasteiger partial charge in [-0.2, -0.15) is 0 Å². The van der Waals surface area contributed by atoms with E-state index in [1.165, 1.54) is 12.1 Å². The molecule has 1 N–H and O–H groups in total. The van der Waals surface area contributed by atoms with Gasteiger partial charge in [-0.3, -0.25) is 4.98 Å². The number of rotatable bonds is 3. The Hall–Kier alpha value is -2.28. The molecular weight excluding hydrogens is 338 g/mol. The Bertz CT molecular complexity index is 778. The third-order valence-corrected chi connectivity index (χ3v) is 4.95. The summed E-state index contributed by atoms with van der Waals surface area (Å²) in [6, 6.07) is 3.42. The van der Waals surface area contributed by atoms with Gasteiger partial charge in [0, 0.05) is 57.9 Å². The van der Waals surface area contributed by atoms with Crippen molar-refractivity contribution in [1.29, 1.82) is 0 Å². The Kier molecular flexibility index (Phi) is 4.97. The van der Waals surface area contributed by atoms with Gasteiger partial charge in [0.15, 0.2) is 11.6 Å². The lowest BCUT2D eigenvalue weighted by Gasteiger charge is -2.33. The first-order valence-corrected chi connectivity index (χ1v) is 9.11. The minimum Gasteiger partial charge on any atom is -0.487 e. The van der Waals surface area contributed by atoms with Gasteiger partial charge in [-0.15, -0.1) is 0 Å². The van der Waals surface area contributed by atoms with E-state index in [1.807, 2.05) is 6.20 Å². The zero-order valence-corrected chi connectivity index (χ0v) is 14.5. The van der Waals surface area contributed by atoms with E-state index in [1.54, 1.807) is 0 Å². The predicted octanol–water partition coefficient (Wildman–Crippen LogP) is 2.49. The van der Waals surface area contributed by atoms with E-state index in [2.05, 4.69) is 15.2 Å². The Morgan fingerprint density at radius 1 is 1.08 bits per heavy atom. The van der Waals surface area contributed by atoms with Crippen LogP contribution in [0.5, 0.6) is 5.75 Å². The summed E-state index contributed by atoms with van der Waals surface area (Å²) in [6.07, 6.45) is 5.12. The fraction of sp³-hybridized carbons (Fsp3) is 0.474. The van der Waals surface area contributed by atoms with E-state index in [0.717, 1.165) is 75.1 Å². The molecule has 2 aliphatic rings. The summed E-state index contributed by atoms with van der Waals surface area (Å²) < 4.78 is 32.5. The van der Waals surface area contributed by atoms with E-state index in [9.17, 15) is 8.78 Å². The zero-order valence-electron chi connectivity index (χ0n) is 14.5. The summed E-state index contributed by atoms with van der Waals surface area (Å²) in [5.74, 6) is -0.237. The number of hydrogen-bond donors (Lipinski definition) is 1. The topological polar surface area (TPSA) is 50.3 Å². The van der Waals surface area contributed by atoms with Crippen LogP contribution in [0.2, 0.25) is 0 Å². The molecule has 0 radical (unpaired) electrons. The van der Waals surface area contributed by atoms with Crippen molar-refractivity contribution >= 4 is 5.82 Å². The molecule has 26 heavy (non-hydrogen) atoms. The quantitative estimate of drug-likeness (QED) is 0.911. The van der Waals surface area contributed by atoms with Gasteiger partial charge in [-0.1, -0.05) is 0 Å². The first-order chi connectivity index (χ1) is 12.7. The molecule has 2 aliphatic heterocycles. The molecule has 7 heteroatoms. The number of nitrogens with zero attached hydrogens (tertiary/aromatic N) is 3. The van der Waals surface area contributed by atoms with Gasteiger partial charge in [0.1, 0.15) is 17.7 Å². The third kappa shape index (κ3) is 3.77. The number of fused-ring (bicyclic) bond motifs is 1. The fourth-order valence-corrected chi connectivity index (χ4v) is 3.49. The minimum atomic E-state index is -0.655. The number of nitrogens with one attached hydrogen (secondary N) is 1. The summed E-state index contributed by atoms with van der Waals surface area (Å²) in [5, 5.41) is 3.37. The molecule has 1 aromatic heterocycles. The summed E-state index contributed by atoms with van der Waals surface area (Å²) in [5.41, 5.74) is 2.17. The molecule has 138 valence electrons. The summed E-state index contributed by atoms with van der Waals surface area (Å²) in [4.78, 5) is 11.6. The first kappa shape index (κ1) is 17.1. The van der Waals surface area contributed by atoms with Gasteiger partial charge in [0.25, 0.3) is 0 Å². The lowest BCUT2D eigenvalue weighted by Crippen LogP contribution is -2.39. The number of hydrogen-bond acceptors (Lipinski definition) is 5. The maximum Gasteiger partial charge on any atom is 0.167 e. The highest BCUT2D eigenvalue weighted by molar-refractivity contribution is 5.39. The van der Waals surface area contributed by atoms with Crippen molar-refractivity contribution < 1.29 is 13.5 Å². The lowest BCUT2D eigenvalue weighted by atomic mass is 10.1. The van der Waals surface area contributed by atoms with Crippen molar-refractivity contribution in [3.63, 3.8) is 0 Å². The second-order valence-corrected chi connectivity index (χ2v) is 6.75. The highest BCUT2D eigenvalue weighted by atomic mass is 19.1. The van der Waals surface area contributed by atoms with Crippen molar-refractivity contribution in [2.24, 2.45) is 0 Å². The molecule has 4 rings (SSSR count). The number of aromatic nitrogens is 2. The average molecular weight is 360 g/mol. The van der Waals surface area contributed by atoms with Crippen LogP contribution in [-0.2, 0) is 12.8 Å². The van der Waals surface area contributed by atoms with E-state index in [4.69, 9.17) is 9.72 Å². The van der Waals surface area contributed by atoms with Crippen LogP contribution in [0.25, 0.3) is 0 Å². The second-order valence-electron chi connectivity index (χ2n) is 6.75. The molecule has 0 amide bonds. The average Bonchev–Trinajstić information content (AvgIpc) is 2.89. The number of ether oxygens (including phenoxy) is 1. The molecular formula is C19H22F2N4O. The Morgan fingerprint density at radius 3 is 2.62 bits per heavy atom. The maximum absolute atomic E-state index is 13.7. The molecule has 5 nitrogen and oxygen atoms in total. The van der Waals surface area contributed by atoms with Crippen molar-refractivity contribution in [3.05, 3.63) is 47.4 Å². The highest BCUT2D eigenvalue weighted by Crippen LogP contribution is 2.25. The van der Waals surface area contributed by atoms with Crippen LogP contribution in [0.1, 0.15) is 24.2 Å². The minimum absolute atomic E-state index is 0.0794. The molecule has 1 fully saturated rings. The van der Waals surface area contributed by atoms with Gasteiger partial charge < -0.3 is 15.0 Å². The van der Waals surface area contributed by atoms with Gasteiger partial charge >= 0.3 is 0 Å². The molecule has 0 spiro atoms. The zero-order chi connectivity index (χ0) is 17.9. The monoisotopic (exact) mass is 360 g/mol. The Balaban J connectivity index is 1.38. The number of anilines is 1. The van der Waals surface area contributed by atoms with Crippen molar-refractivity contribution in [2.45, 2.75) is 31.8 Å². The van der Waals surface area contributed by atoms with Crippen LogP contribution in [0.3, 0.4) is 0 Å². The van der Waals surface area contributed by atoms with Crippen molar-refractivity contribution in [1.82, 2.24) is 15.3 Å². The largest absolute Gasteiger partial charge is 0.487 e. The van der Waals surface area contributed by atoms with Crippen LogP contribution in [-0.4, -0.2) is 42.3 Å². The molecule has 0 saturated carbocycles. The molecule has 1 saturated heterocycles. The highest BCUT2D eigenvalue weighted by Gasteiger charge is 2.23. The second kappa shape index (κ2) is 7.53. The van der Waals surface area contributed by atoms with E-state index < -0.39 is 11.6 Å². The summed E-state index contributed by atoms with van der Waals surface area (Å²) in [7, 11) is 0. The molecule has 2 aromatic rings. The maximum atomic E-state index is 13.7. The van der Waals surface area contributed by atoms with Gasteiger partial charge in [-0.25, -0.2) is 13.8 Å². The van der Waals surface area contributed by atoms with Gasteiger partial charge in [-0.05, 0) is 12.1 Å². The number of piperidine rings is 1.